The Balaban J connectivity index is 1.85. The Morgan fingerprint density at radius 1 is 1.25 bits per heavy atom. The Morgan fingerprint density at radius 3 is 2.61 bits per heavy atom. The largest absolute Gasteiger partial charge is 0.493 e. The second kappa shape index (κ2) is 9.28. The lowest BCUT2D eigenvalue weighted by Crippen LogP contribution is -2.27. The number of methoxy groups -OCH3 is 1. The van der Waals surface area contributed by atoms with Crippen LogP contribution in [0.15, 0.2) is 41.3 Å². The summed E-state index contributed by atoms with van der Waals surface area (Å²) in [6, 6.07) is 12.0. The average Bonchev–Trinajstić information content (AvgIpc) is 2.92. The topological polar surface area (TPSA) is 38.8 Å². The first-order chi connectivity index (χ1) is 13.4. The lowest BCUT2D eigenvalue weighted by Gasteiger charge is -2.14. The minimum Gasteiger partial charge on any atom is -0.493 e. The predicted octanol–water partition coefficient (Wildman–Crippen LogP) is 5.41. The highest BCUT2D eigenvalue weighted by molar-refractivity contribution is 14.1. The summed E-state index contributed by atoms with van der Waals surface area (Å²) >= 11 is 8.99. The molecule has 0 aliphatic carbocycles. The van der Waals surface area contributed by atoms with Gasteiger partial charge in [-0.1, -0.05) is 53.8 Å². The Bertz CT molecular complexity index is 941. The molecule has 7 heteroatoms. The molecule has 1 amide bonds. The molecule has 146 valence electrons. The number of rotatable bonds is 6. The molecule has 28 heavy (non-hydrogen) atoms. The zero-order chi connectivity index (χ0) is 20.3. The van der Waals surface area contributed by atoms with Gasteiger partial charge in [0.1, 0.15) is 4.32 Å². The fourth-order valence-corrected chi connectivity index (χ4v) is 4.81. The molecule has 2 aromatic rings. The summed E-state index contributed by atoms with van der Waals surface area (Å²) in [7, 11) is 1.61. The monoisotopic (exact) mass is 525 g/mol. The molecule has 1 aliphatic heterocycles. The van der Waals surface area contributed by atoms with Crippen molar-refractivity contribution in [2.45, 2.75) is 20.4 Å². The van der Waals surface area contributed by atoms with Gasteiger partial charge in [0.25, 0.3) is 5.91 Å². The van der Waals surface area contributed by atoms with E-state index < -0.39 is 0 Å². The smallest absolute Gasteiger partial charge is 0.266 e. The van der Waals surface area contributed by atoms with Gasteiger partial charge in [-0.15, -0.1) is 0 Å². The van der Waals surface area contributed by atoms with E-state index in [2.05, 4.69) is 22.6 Å². The number of thiocarbonyl (C=S) groups is 1. The number of amides is 1. The number of carbonyl (C=O) groups excluding carboxylic acids is 1. The van der Waals surface area contributed by atoms with Gasteiger partial charge in [-0.3, -0.25) is 9.69 Å². The van der Waals surface area contributed by atoms with Crippen molar-refractivity contribution in [1.82, 2.24) is 4.90 Å². The van der Waals surface area contributed by atoms with Gasteiger partial charge in [0, 0.05) is 0 Å². The molecule has 0 N–H and O–H groups in total. The van der Waals surface area contributed by atoms with Gasteiger partial charge in [-0.05, 0) is 65.8 Å². The van der Waals surface area contributed by atoms with Crippen LogP contribution in [0.2, 0.25) is 0 Å². The van der Waals surface area contributed by atoms with E-state index in [1.807, 2.05) is 56.3 Å². The van der Waals surface area contributed by atoms with Crippen LogP contribution in [0, 0.1) is 10.5 Å². The third-order valence-electron chi connectivity index (χ3n) is 4.17. The number of thioether (sulfide) groups is 1. The summed E-state index contributed by atoms with van der Waals surface area (Å²) in [5.41, 5.74) is 3.12. The highest BCUT2D eigenvalue weighted by Crippen LogP contribution is 2.37. The van der Waals surface area contributed by atoms with Gasteiger partial charge in [-0.25, -0.2) is 0 Å². The fraction of sp³-hybridized carbons (Fsp3) is 0.238. The minimum absolute atomic E-state index is 0.0709. The average molecular weight is 525 g/mol. The number of hydrogen-bond acceptors (Lipinski definition) is 5. The third kappa shape index (κ3) is 4.69. The van der Waals surface area contributed by atoms with E-state index in [-0.39, 0.29) is 5.91 Å². The molecule has 1 aliphatic rings. The molecule has 0 unspecified atom stereocenters. The highest BCUT2D eigenvalue weighted by atomic mass is 127. The molecule has 2 aromatic carbocycles. The molecular formula is C21H20INO3S2. The summed E-state index contributed by atoms with van der Waals surface area (Å²) in [5, 5.41) is 0. The second-order valence-corrected chi connectivity index (χ2v) is 9.06. The SMILES string of the molecule is CCOc1c(I)cc(/C=C2\SC(=S)N(Cc3ccc(C)cc3)C2=O)cc1OC. The third-order valence-corrected chi connectivity index (χ3v) is 6.35. The number of hydrogen-bond donors (Lipinski definition) is 0. The zero-order valence-electron chi connectivity index (χ0n) is 15.8. The second-order valence-electron chi connectivity index (χ2n) is 6.22. The van der Waals surface area contributed by atoms with Crippen LogP contribution in [0.3, 0.4) is 0 Å². The van der Waals surface area contributed by atoms with E-state index >= 15 is 0 Å². The van der Waals surface area contributed by atoms with Gasteiger partial charge >= 0.3 is 0 Å². The molecule has 0 atom stereocenters. The van der Waals surface area contributed by atoms with Crippen LogP contribution >= 0.6 is 46.6 Å². The van der Waals surface area contributed by atoms with Crippen molar-refractivity contribution in [3.8, 4) is 11.5 Å². The van der Waals surface area contributed by atoms with Crippen LogP contribution in [-0.4, -0.2) is 28.8 Å². The first-order valence-corrected chi connectivity index (χ1v) is 11.0. The quantitative estimate of drug-likeness (QED) is 0.287. The Hall–Kier alpha value is -1.58. The molecule has 0 aromatic heterocycles. The Labute approximate surface area is 188 Å². The number of carbonyl (C=O) groups is 1. The number of halogens is 1. The van der Waals surface area contributed by atoms with Crippen LogP contribution in [0.4, 0.5) is 0 Å². The van der Waals surface area contributed by atoms with Crippen molar-refractivity contribution in [2.24, 2.45) is 0 Å². The number of nitrogens with zero attached hydrogens (tertiary/aromatic N) is 1. The van der Waals surface area contributed by atoms with E-state index in [1.165, 1.54) is 17.3 Å². The van der Waals surface area contributed by atoms with E-state index in [4.69, 9.17) is 21.7 Å². The maximum Gasteiger partial charge on any atom is 0.266 e. The van der Waals surface area contributed by atoms with Gasteiger partial charge in [-0.2, -0.15) is 0 Å². The molecule has 3 rings (SSSR count). The summed E-state index contributed by atoms with van der Waals surface area (Å²) in [5.74, 6) is 1.29. The number of aryl methyl sites for hydroxylation is 1. The fourth-order valence-electron chi connectivity index (χ4n) is 2.77. The van der Waals surface area contributed by atoms with E-state index in [1.54, 1.807) is 12.0 Å². The van der Waals surface area contributed by atoms with Crippen LogP contribution in [-0.2, 0) is 11.3 Å². The van der Waals surface area contributed by atoms with Crippen molar-refractivity contribution in [2.75, 3.05) is 13.7 Å². The van der Waals surface area contributed by atoms with E-state index in [9.17, 15) is 4.79 Å². The van der Waals surface area contributed by atoms with Crippen LogP contribution in [0.1, 0.15) is 23.6 Å². The molecule has 1 saturated heterocycles. The van der Waals surface area contributed by atoms with Crippen LogP contribution in [0.25, 0.3) is 6.08 Å². The molecule has 0 radical (unpaired) electrons. The first-order valence-electron chi connectivity index (χ1n) is 8.74. The lowest BCUT2D eigenvalue weighted by molar-refractivity contribution is -0.122. The maximum absolute atomic E-state index is 12.9. The van der Waals surface area contributed by atoms with Crippen LogP contribution in [0.5, 0.6) is 11.5 Å². The van der Waals surface area contributed by atoms with Crippen molar-refractivity contribution < 1.29 is 14.3 Å². The number of benzene rings is 2. The van der Waals surface area contributed by atoms with Crippen molar-refractivity contribution in [3.05, 3.63) is 61.6 Å². The van der Waals surface area contributed by atoms with Gasteiger partial charge in [0.2, 0.25) is 0 Å². The van der Waals surface area contributed by atoms with Crippen molar-refractivity contribution in [1.29, 1.82) is 0 Å². The summed E-state index contributed by atoms with van der Waals surface area (Å²) in [6.07, 6.45) is 1.86. The highest BCUT2D eigenvalue weighted by Gasteiger charge is 2.32. The standard InChI is InChI=1S/C21H20INO3S2/c1-4-26-19-16(22)9-15(10-17(19)25-3)11-18-20(24)23(21(27)28-18)12-14-7-5-13(2)6-8-14/h5-11H,4,12H2,1-3H3/b18-11-. The van der Waals surface area contributed by atoms with E-state index in [0.29, 0.717) is 28.1 Å². The number of ether oxygens (including phenoxy) is 2. The van der Waals surface area contributed by atoms with Crippen LogP contribution < -0.4 is 9.47 Å². The van der Waals surface area contributed by atoms with Crippen molar-refractivity contribution in [3.63, 3.8) is 0 Å². The molecular weight excluding hydrogens is 505 g/mol. The predicted molar refractivity (Wildman–Crippen MR) is 127 cm³/mol. The maximum atomic E-state index is 12.9. The zero-order valence-corrected chi connectivity index (χ0v) is 19.6. The Morgan fingerprint density at radius 2 is 1.96 bits per heavy atom. The summed E-state index contributed by atoms with van der Waals surface area (Å²) in [6.45, 7) is 5.01. The van der Waals surface area contributed by atoms with Gasteiger partial charge in [0.15, 0.2) is 11.5 Å². The van der Waals surface area contributed by atoms with Crippen molar-refractivity contribution >= 4 is 62.9 Å². The molecule has 0 bridgehead atoms. The summed E-state index contributed by atoms with van der Waals surface area (Å²) < 4.78 is 12.6. The normalized spacial score (nSPS) is 15.4. The minimum atomic E-state index is -0.0709. The van der Waals surface area contributed by atoms with Gasteiger partial charge < -0.3 is 9.47 Å². The lowest BCUT2D eigenvalue weighted by atomic mass is 10.1. The molecule has 0 saturated carbocycles. The molecule has 1 heterocycles. The first kappa shape index (κ1) is 21.1. The Kier molecular flexibility index (Phi) is 7.00. The molecule has 4 nitrogen and oxygen atoms in total. The molecule has 0 spiro atoms. The van der Waals surface area contributed by atoms with Gasteiger partial charge in [0.05, 0.1) is 28.7 Å². The molecule has 1 fully saturated rings. The summed E-state index contributed by atoms with van der Waals surface area (Å²) in [4.78, 5) is 15.1. The van der Waals surface area contributed by atoms with E-state index in [0.717, 1.165) is 20.4 Å².